The van der Waals surface area contributed by atoms with Crippen molar-refractivity contribution in [3.8, 4) is 0 Å². The molecule has 0 bridgehead atoms. The maximum atomic E-state index is 13.7. The third-order valence-electron chi connectivity index (χ3n) is 12.2. The predicted molar refractivity (Wildman–Crippen MR) is 277 cm³/mol. The number of carbonyl (C=O) groups excluding carboxylic acids is 6. The first kappa shape index (κ1) is 53.6. The van der Waals surface area contributed by atoms with E-state index in [0.717, 1.165) is 27.6 Å². The summed E-state index contributed by atoms with van der Waals surface area (Å²) in [5.41, 5.74) is 6.56. The van der Waals surface area contributed by atoms with E-state index in [1.54, 1.807) is 132 Å². The van der Waals surface area contributed by atoms with Crippen molar-refractivity contribution in [2.45, 2.75) is 65.7 Å². The smallest absolute Gasteiger partial charge is 0.277 e. The molecule has 0 unspecified atom stereocenters. The quantitative estimate of drug-likeness (QED) is 0.0852. The van der Waals surface area contributed by atoms with Crippen molar-refractivity contribution >= 4 is 58.3 Å². The maximum absolute atomic E-state index is 13.7. The number of hydrogen-bond donors (Lipinski definition) is 0. The molecule has 3 aromatic heterocycles. The van der Waals surface area contributed by atoms with Gasteiger partial charge < -0.3 is 9.80 Å². The van der Waals surface area contributed by atoms with E-state index in [2.05, 4.69) is 15.0 Å². The highest BCUT2D eigenvalue weighted by Crippen LogP contribution is 2.29. The lowest BCUT2D eigenvalue weighted by atomic mass is 9.99. The number of rotatable bonds is 12. The van der Waals surface area contributed by atoms with E-state index in [-0.39, 0.29) is 75.9 Å². The molecule has 0 N–H and O–H groups in total. The van der Waals surface area contributed by atoms with Gasteiger partial charge in [0.25, 0.3) is 17.7 Å². The van der Waals surface area contributed by atoms with Gasteiger partial charge in [-0.1, -0.05) is 92.7 Å². The Balaban J connectivity index is 0.000000229. The zero-order valence-corrected chi connectivity index (χ0v) is 39.7. The van der Waals surface area contributed by atoms with E-state index in [1.165, 1.54) is 14.2 Å². The Labute approximate surface area is 429 Å². The number of Topliss-reactive ketones (excluding diaryl/α,β-unsaturated/α-hetero) is 2. The monoisotopic (exact) mass is 1000 g/mol. The zero-order valence-electron chi connectivity index (χ0n) is 38.2. The largest absolute Gasteiger partial charge is 0.324 e. The molecule has 0 radical (unpaired) electrons. The van der Waals surface area contributed by atoms with Crippen molar-refractivity contribution < 1.29 is 33.6 Å². The van der Waals surface area contributed by atoms with Crippen LogP contribution in [0.5, 0.6) is 0 Å². The van der Waals surface area contributed by atoms with E-state index >= 15 is 0 Å². The Bertz CT molecular complexity index is 3050. The molecule has 3 amide bonds. The van der Waals surface area contributed by atoms with Crippen molar-refractivity contribution in [2.24, 2.45) is 0 Å². The minimum atomic E-state index is -0.687. The highest BCUT2D eigenvalue weighted by atomic mass is 35.5. The minimum absolute atomic E-state index is 0. The van der Waals surface area contributed by atoms with Gasteiger partial charge in [0.1, 0.15) is 5.69 Å². The molecule has 0 saturated heterocycles. The Kier molecular flexibility index (Phi) is 18.2. The van der Waals surface area contributed by atoms with Gasteiger partial charge in [0.2, 0.25) is 5.78 Å². The third kappa shape index (κ3) is 12.6. The van der Waals surface area contributed by atoms with E-state index in [1.807, 2.05) is 36.4 Å². The summed E-state index contributed by atoms with van der Waals surface area (Å²) in [6, 6.07) is 38.9. The fourth-order valence-electron chi connectivity index (χ4n) is 8.45. The number of benzene rings is 4. The number of carbonyl (C=O) groups is 6. The van der Waals surface area contributed by atoms with Gasteiger partial charge in [-0.3, -0.25) is 48.6 Å². The number of hydrogen-bond acceptors (Lipinski definition) is 10. The summed E-state index contributed by atoms with van der Waals surface area (Å²) in [4.78, 5) is 100. The van der Waals surface area contributed by atoms with Crippen LogP contribution in [0, 0.1) is 0 Å². The number of amides is 3. The van der Waals surface area contributed by atoms with Crippen LogP contribution in [0.15, 0.2) is 158 Å². The molecule has 13 nitrogen and oxygen atoms in total. The fraction of sp³-hybridized carbons (Fsp3) is 0.211. The van der Waals surface area contributed by atoms with Crippen molar-refractivity contribution in [2.75, 3.05) is 14.2 Å². The van der Waals surface area contributed by atoms with Gasteiger partial charge in [-0.05, 0) is 107 Å². The molecule has 2 aliphatic heterocycles. The second kappa shape index (κ2) is 24.4. The standard InChI is InChI=1S/C29H22ClN3O3.C26H24ClN3O4.2CH4/c30-22-11-12-24-21(15-22)16-27(34)26(17-23-5-1-3-13-31-23)33(29(24)36)18-19-7-9-20(10-8-19)28(35)25-6-2-4-14-32-25;1-29(34-2)25(32)18-8-6-17(7-9-18)16-30-23(15-21-5-3-4-12-28-21)24(31)14-19-13-20(27)10-11-22(19)26(30)33;;/h1-15,26H,16-18H2;3-13,23H,14-16H2,1-2H3;2*1H4/t26-;23-;;/m11../s1. The Morgan fingerprint density at radius 3 is 1.42 bits per heavy atom. The summed E-state index contributed by atoms with van der Waals surface area (Å²) in [5.74, 6) is -1.08. The molecule has 72 heavy (non-hydrogen) atoms. The average Bonchev–Trinajstić information content (AvgIpc) is 3.53. The fourth-order valence-corrected chi connectivity index (χ4v) is 8.84. The number of pyridine rings is 3. The molecule has 5 heterocycles. The Morgan fingerprint density at radius 2 is 1.01 bits per heavy atom. The molecule has 0 saturated carbocycles. The number of nitrogens with zero attached hydrogens (tertiary/aromatic N) is 6. The van der Waals surface area contributed by atoms with Gasteiger partial charge in [-0.2, -0.15) is 0 Å². The lowest BCUT2D eigenvalue weighted by Crippen LogP contribution is -2.45. The molecule has 7 aromatic rings. The summed E-state index contributed by atoms with van der Waals surface area (Å²) in [5, 5.41) is 2.10. The van der Waals surface area contributed by atoms with Gasteiger partial charge in [0.15, 0.2) is 11.6 Å². The van der Waals surface area contributed by atoms with Gasteiger partial charge in [-0.15, -0.1) is 0 Å². The van der Waals surface area contributed by atoms with E-state index in [4.69, 9.17) is 28.0 Å². The summed E-state index contributed by atoms with van der Waals surface area (Å²) >= 11 is 12.3. The van der Waals surface area contributed by atoms with Crippen molar-refractivity contribution in [1.29, 1.82) is 0 Å². The van der Waals surface area contributed by atoms with Crippen LogP contribution in [-0.2, 0) is 53.2 Å². The number of ketones is 3. The molecule has 0 fully saturated rings. The molecule has 368 valence electrons. The van der Waals surface area contributed by atoms with Crippen LogP contribution < -0.4 is 0 Å². The molecule has 2 aliphatic rings. The molecule has 0 aliphatic carbocycles. The third-order valence-corrected chi connectivity index (χ3v) is 12.6. The van der Waals surface area contributed by atoms with Gasteiger partial charge in [0, 0.05) is 108 Å². The molecular formula is C57H54Cl2N6O7. The highest BCUT2D eigenvalue weighted by molar-refractivity contribution is 6.31. The van der Waals surface area contributed by atoms with Gasteiger partial charge >= 0.3 is 0 Å². The van der Waals surface area contributed by atoms with Crippen LogP contribution in [0.4, 0.5) is 0 Å². The van der Waals surface area contributed by atoms with Crippen LogP contribution in [0.2, 0.25) is 10.0 Å². The van der Waals surface area contributed by atoms with Crippen LogP contribution in [0.25, 0.3) is 0 Å². The number of hydroxylamine groups is 2. The lowest BCUT2D eigenvalue weighted by molar-refractivity contribution is -0.123. The molecule has 9 rings (SSSR count). The lowest BCUT2D eigenvalue weighted by Gasteiger charge is -2.29. The first-order chi connectivity index (χ1) is 33.9. The van der Waals surface area contributed by atoms with Crippen molar-refractivity contribution in [1.82, 2.24) is 29.8 Å². The van der Waals surface area contributed by atoms with Crippen molar-refractivity contribution in [3.63, 3.8) is 0 Å². The maximum Gasteiger partial charge on any atom is 0.277 e. The molecule has 15 heteroatoms. The van der Waals surface area contributed by atoms with E-state index < -0.39 is 12.1 Å². The Hall–Kier alpha value is -7.71. The van der Waals surface area contributed by atoms with Gasteiger partial charge in [0.05, 0.1) is 19.2 Å². The van der Waals surface area contributed by atoms with Crippen LogP contribution >= 0.6 is 23.2 Å². The summed E-state index contributed by atoms with van der Waals surface area (Å²) < 4.78 is 0. The highest BCUT2D eigenvalue weighted by Gasteiger charge is 2.37. The average molecular weight is 1010 g/mol. The first-order valence-corrected chi connectivity index (χ1v) is 23.1. The number of fused-ring (bicyclic) bond motifs is 2. The second-order valence-corrected chi connectivity index (χ2v) is 17.6. The topological polar surface area (TPSA) is 160 Å². The van der Waals surface area contributed by atoms with E-state index in [9.17, 15) is 28.8 Å². The van der Waals surface area contributed by atoms with Gasteiger partial charge in [-0.25, -0.2) is 5.06 Å². The normalized spacial score (nSPS) is 15.1. The zero-order chi connectivity index (χ0) is 49.3. The minimum Gasteiger partial charge on any atom is -0.324 e. The molecule has 4 aromatic carbocycles. The van der Waals surface area contributed by atoms with E-state index in [0.29, 0.717) is 62.0 Å². The van der Waals surface area contributed by atoms with Crippen molar-refractivity contribution in [3.05, 3.63) is 230 Å². The van der Waals surface area contributed by atoms with Crippen LogP contribution in [-0.4, -0.2) is 91.1 Å². The van der Waals surface area contributed by atoms with Crippen LogP contribution in [0.1, 0.15) is 95.6 Å². The second-order valence-electron chi connectivity index (χ2n) is 16.8. The Morgan fingerprint density at radius 1 is 0.583 bits per heavy atom. The van der Waals surface area contributed by atoms with Crippen LogP contribution in [0.3, 0.4) is 0 Å². The number of aromatic nitrogens is 3. The number of halogens is 2. The summed E-state index contributed by atoms with van der Waals surface area (Å²) in [6.45, 7) is 0.418. The summed E-state index contributed by atoms with van der Waals surface area (Å²) in [7, 11) is 2.95. The predicted octanol–water partition coefficient (Wildman–Crippen LogP) is 9.76. The SMILES string of the molecule is C.C.CON(C)C(=O)c1ccc(CN2C(=O)c3ccc(Cl)cc3CC(=O)[C@H]2Cc2ccccn2)cc1.O=C(c1ccc(CN2C(=O)c3ccc(Cl)cc3CC(=O)[C@H]2Cc2ccccn2)cc1)c1ccccn1. The summed E-state index contributed by atoms with van der Waals surface area (Å²) in [6.07, 6.45) is 5.78. The molecule has 2 atom stereocenters. The molecule has 0 spiro atoms. The first-order valence-electron chi connectivity index (χ1n) is 22.4. The molecular weight excluding hydrogens is 952 g/mol.